The smallest absolute Gasteiger partial charge is 0.398 e. The van der Waals surface area contributed by atoms with Crippen LogP contribution in [-0.4, -0.2) is 0 Å². The van der Waals surface area contributed by atoms with Gasteiger partial charge in [0.2, 0.25) is 0 Å². The first-order chi connectivity index (χ1) is 8.72. The molecular formula is C12H11N2O3P. The fourth-order valence-corrected chi connectivity index (χ4v) is 2.18. The predicted molar refractivity (Wildman–Crippen MR) is 66.9 cm³/mol. The zero-order valence-corrected chi connectivity index (χ0v) is 10.3. The number of benzene rings is 2. The van der Waals surface area contributed by atoms with Crippen molar-refractivity contribution >= 4 is 7.75 Å². The highest BCUT2D eigenvalue weighted by atomic mass is 31.2. The summed E-state index contributed by atoms with van der Waals surface area (Å²) >= 11 is 0. The van der Waals surface area contributed by atoms with Crippen LogP contribution >= 0.6 is 7.75 Å². The minimum absolute atomic E-state index is 0.341. The lowest BCUT2D eigenvalue weighted by molar-refractivity contribution is 0.383. The summed E-state index contributed by atoms with van der Waals surface area (Å²) < 4.78 is 22.4. The third kappa shape index (κ3) is 3.18. The van der Waals surface area contributed by atoms with Crippen LogP contribution in [0.15, 0.2) is 65.5 Å². The van der Waals surface area contributed by atoms with Crippen molar-refractivity contribution in [3.05, 3.63) is 60.7 Å². The summed E-state index contributed by atoms with van der Waals surface area (Å²) in [5.41, 5.74) is 6.97. The summed E-state index contributed by atoms with van der Waals surface area (Å²) in [6, 6.07) is 17.0. The zero-order valence-electron chi connectivity index (χ0n) is 9.39. The molecule has 0 heterocycles. The van der Waals surface area contributed by atoms with E-state index in [9.17, 15) is 4.57 Å². The number of nitrogens with zero attached hydrogens (tertiary/aromatic N) is 1. The Kier molecular flexibility index (Phi) is 3.75. The van der Waals surface area contributed by atoms with Gasteiger partial charge < -0.3 is 9.05 Å². The largest absolute Gasteiger partial charge is 0.581 e. The van der Waals surface area contributed by atoms with E-state index in [4.69, 9.17) is 14.6 Å². The highest BCUT2D eigenvalue weighted by Gasteiger charge is 2.27. The van der Waals surface area contributed by atoms with E-state index in [1.165, 1.54) is 0 Å². The summed E-state index contributed by atoms with van der Waals surface area (Å²) in [4.78, 5) is 2.97. The van der Waals surface area contributed by atoms with Gasteiger partial charge in [-0.3, -0.25) is 0 Å². The van der Waals surface area contributed by atoms with E-state index >= 15 is 0 Å². The fourth-order valence-electron chi connectivity index (χ4n) is 1.29. The molecule has 0 amide bonds. The van der Waals surface area contributed by atoms with Crippen LogP contribution in [0.1, 0.15) is 0 Å². The van der Waals surface area contributed by atoms with Gasteiger partial charge in [0.1, 0.15) is 11.5 Å². The minimum atomic E-state index is -3.85. The SMILES string of the molecule is N=NP(=O)(Oc1ccccc1)Oc1ccccc1. The van der Waals surface area contributed by atoms with Gasteiger partial charge in [0.15, 0.2) is 0 Å². The van der Waals surface area contributed by atoms with Crippen LogP contribution in [0, 0.1) is 5.53 Å². The molecule has 6 heteroatoms. The van der Waals surface area contributed by atoms with Crippen molar-refractivity contribution in [2.75, 3.05) is 0 Å². The Hall–Kier alpha value is -2.13. The second-order valence-corrected chi connectivity index (χ2v) is 4.88. The molecule has 2 rings (SSSR count). The van der Waals surface area contributed by atoms with Crippen molar-refractivity contribution in [2.45, 2.75) is 0 Å². The average molecular weight is 262 g/mol. The topological polar surface area (TPSA) is 71.7 Å². The molecule has 0 radical (unpaired) electrons. The number of nitrogens with one attached hydrogen (secondary N) is 1. The molecule has 0 aliphatic carbocycles. The third-order valence-electron chi connectivity index (χ3n) is 2.05. The Balaban J connectivity index is 2.16. The molecule has 0 aliphatic rings. The molecule has 0 fully saturated rings. The number of para-hydroxylation sites is 2. The first kappa shape index (κ1) is 12.3. The molecule has 18 heavy (non-hydrogen) atoms. The minimum Gasteiger partial charge on any atom is -0.398 e. The molecule has 0 spiro atoms. The second-order valence-electron chi connectivity index (χ2n) is 3.38. The molecule has 0 aliphatic heterocycles. The molecule has 0 unspecified atom stereocenters. The van der Waals surface area contributed by atoms with E-state index in [1.54, 1.807) is 60.7 Å². The molecule has 0 saturated heterocycles. The van der Waals surface area contributed by atoms with Gasteiger partial charge in [-0.05, 0) is 24.3 Å². The monoisotopic (exact) mass is 262 g/mol. The summed E-state index contributed by atoms with van der Waals surface area (Å²) in [5.74, 6) is 0.681. The molecule has 0 aromatic heterocycles. The highest BCUT2D eigenvalue weighted by molar-refractivity contribution is 7.52. The molecule has 0 atom stereocenters. The molecule has 92 valence electrons. The molecular weight excluding hydrogens is 251 g/mol. The maximum Gasteiger partial charge on any atom is 0.581 e. The average Bonchev–Trinajstić information content (AvgIpc) is 2.41. The standard InChI is InChI=1S/C12H11N2O3P/c13-14-18(15,16-11-7-3-1-4-8-11)17-12-9-5-2-6-10-12/h1-10,13H. The van der Waals surface area contributed by atoms with E-state index in [0.29, 0.717) is 11.5 Å². The van der Waals surface area contributed by atoms with Gasteiger partial charge in [-0.2, -0.15) is 5.53 Å². The van der Waals surface area contributed by atoms with Crippen molar-refractivity contribution in [3.8, 4) is 11.5 Å². The van der Waals surface area contributed by atoms with Crippen LogP contribution in [0.2, 0.25) is 0 Å². The lowest BCUT2D eigenvalue weighted by Gasteiger charge is -2.13. The van der Waals surface area contributed by atoms with Crippen LogP contribution in [0.5, 0.6) is 11.5 Å². The molecule has 0 saturated carbocycles. The molecule has 1 N–H and O–H groups in total. The van der Waals surface area contributed by atoms with Crippen LogP contribution in [0.25, 0.3) is 0 Å². The highest BCUT2D eigenvalue weighted by Crippen LogP contribution is 2.49. The van der Waals surface area contributed by atoms with Gasteiger partial charge in [0, 0.05) is 0 Å². The maximum atomic E-state index is 12.1. The lowest BCUT2D eigenvalue weighted by atomic mass is 10.3. The summed E-state index contributed by atoms with van der Waals surface area (Å²) in [6.07, 6.45) is 0. The number of hydrogen-bond donors (Lipinski definition) is 1. The first-order valence-corrected chi connectivity index (χ1v) is 6.70. The van der Waals surface area contributed by atoms with E-state index in [2.05, 4.69) is 4.88 Å². The van der Waals surface area contributed by atoms with Crippen molar-refractivity contribution in [2.24, 2.45) is 4.88 Å². The van der Waals surface area contributed by atoms with Crippen LogP contribution in [0.4, 0.5) is 0 Å². The Bertz CT molecular complexity index is 515. The lowest BCUT2D eigenvalue weighted by Crippen LogP contribution is -1.97. The molecule has 2 aromatic rings. The predicted octanol–water partition coefficient (Wildman–Crippen LogP) is 4.28. The quantitative estimate of drug-likeness (QED) is 0.645. The van der Waals surface area contributed by atoms with Gasteiger partial charge in [-0.25, -0.2) is 4.57 Å². The van der Waals surface area contributed by atoms with Gasteiger partial charge in [-0.15, -0.1) is 0 Å². The first-order valence-electron chi connectivity index (χ1n) is 5.20. The van der Waals surface area contributed by atoms with E-state index in [1.807, 2.05) is 0 Å². The number of hydrogen-bond acceptors (Lipinski definition) is 4. The normalized spacial score (nSPS) is 10.7. The van der Waals surface area contributed by atoms with Gasteiger partial charge >= 0.3 is 7.75 Å². The van der Waals surface area contributed by atoms with Crippen LogP contribution < -0.4 is 9.05 Å². The van der Waals surface area contributed by atoms with Crippen molar-refractivity contribution < 1.29 is 13.6 Å². The van der Waals surface area contributed by atoms with E-state index in [-0.39, 0.29) is 0 Å². The van der Waals surface area contributed by atoms with E-state index in [0.717, 1.165) is 0 Å². The molecule has 0 bridgehead atoms. The Morgan fingerprint density at radius 1 is 0.833 bits per heavy atom. The summed E-state index contributed by atoms with van der Waals surface area (Å²) in [6.45, 7) is 0. The Morgan fingerprint density at radius 2 is 1.22 bits per heavy atom. The van der Waals surface area contributed by atoms with Gasteiger partial charge in [0.25, 0.3) is 0 Å². The maximum absolute atomic E-state index is 12.1. The van der Waals surface area contributed by atoms with Crippen LogP contribution in [0.3, 0.4) is 0 Å². The van der Waals surface area contributed by atoms with Crippen molar-refractivity contribution in [1.82, 2.24) is 0 Å². The van der Waals surface area contributed by atoms with E-state index < -0.39 is 7.75 Å². The van der Waals surface area contributed by atoms with Crippen LogP contribution in [-0.2, 0) is 4.57 Å². The van der Waals surface area contributed by atoms with Crippen molar-refractivity contribution in [3.63, 3.8) is 0 Å². The molecule has 5 nitrogen and oxygen atoms in total. The van der Waals surface area contributed by atoms with Crippen molar-refractivity contribution in [1.29, 1.82) is 5.53 Å². The van der Waals surface area contributed by atoms with Gasteiger partial charge in [-0.1, -0.05) is 41.3 Å². The summed E-state index contributed by atoms with van der Waals surface area (Å²) in [5, 5.41) is 0. The summed E-state index contributed by atoms with van der Waals surface area (Å²) in [7, 11) is -3.85. The fraction of sp³-hybridized carbons (Fsp3) is 0. The van der Waals surface area contributed by atoms with Gasteiger partial charge in [0.05, 0.1) is 0 Å². The third-order valence-corrected chi connectivity index (χ3v) is 3.18. The molecule has 2 aromatic carbocycles. The Morgan fingerprint density at radius 3 is 1.56 bits per heavy atom. The number of rotatable bonds is 5. The Labute approximate surface area is 104 Å². The second kappa shape index (κ2) is 5.47. The zero-order chi connectivity index (χ0) is 12.8.